The van der Waals surface area contributed by atoms with Crippen LogP contribution in [0.3, 0.4) is 0 Å². The molecule has 0 unspecified atom stereocenters. The molecule has 22 heavy (non-hydrogen) atoms. The van der Waals surface area contributed by atoms with Crippen LogP contribution in [-0.4, -0.2) is 20.0 Å². The van der Waals surface area contributed by atoms with E-state index in [1.54, 1.807) is 32.4 Å². The van der Waals surface area contributed by atoms with Gasteiger partial charge in [0.25, 0.3) is 0 Å². The van der Waals surface area contributed by atoms with Gasteiger partial charge in [-0.3, -0.25) is 4.79 Å². The first-order valence-electron chi connectivity index (χ1n) is 6.19. The third kappa shape index (κ3) is 3.94. The summed E-state index contributed by atoms with van der Waals surface area (Å²) in [4.78, 5) is 12.0. The molecule has 0 fully saturated rings. The third-order valence-corrected chi connectivity index (χ3v) is 4.28. The number of rotatable bonds is 6. The van der Waals surface area contributed by atoms with Crippen LogP contribution in [0.25, 0.3) is 0 Å². The predicted octanol–water partition coefficient (Wildman–Crippen LogP) is 4.88. The number of ketones is 1. The quantitative estimate of drug-likeness (QED) is 0.591. The second-order valence-electron chi connectivity index (χ2n) is 4.15. The van der Waals surface area contributed by atoms with E-state index >= 15 is 0 Å². The average molecular weight is 358 g/mol. The summed E-state index contributed by atoms with van der Waals surface area (Å²) in [6.07, 6.45) is 2.92. The minimum absolute atomic E-state index is 0.221. The minimum atomic E-state index is -0.221. The number of hydrogen-bond donors (Lipinski definition) is 1. The SMILES string of the molecule is COc1ccc(NC=CC(=O)c2cc(Cl)sc2Cl)cc1OC. The van der Waals surface area contributed by atoms with Crippen molar-refractivity contribution in [3.8, 4) is 11.5 Å². The second kappa shape index (κ2) is 7.54. The summed E-state index contributed by atoms with van der Waals surface area (Å²) in [5.41, 5.74) is 1.15. The van der Waals surface area contributed by atoms with E-state index in [2.05, 4.69) is 5.32 Å². The second-order valence-corrected chi connectivity index (χ2v) is 6.44. The fourth-order valence-electron chi connectivity index (χ4n) is 1.74. The summed E-state index contributed by atoms with van der Waals surface area (Å²) in [7, 11) is 3.13. The van der Waals surface area contributed by atoms with Crippen molar-refractivity contribution in [2.75, 3.05) is 19.5 Å². The van der Waals surface area contributed by atoms with Crippen molar-refractivity contribution in [2.45, 2.75) is 0 Å². The highest BCUT2D eigenvalue weighted by atomic mass is 35.5. The molecule has 7 heteroatoms. The lowest BCUT2D eigenvalue weighted by molar-refractivity contribution is 0.104. The van der Waals surface area contributed by atoms with Crippen molar-refractivity contribution in [3.63, 3.8) is 0 Å². The summed E-state index contributed by atoms with van der Waals surface area (Å²) in [6, 6.07) is 6.90. The van der Waals surface area contributed by atoms with E-state index in [1.165, 1.54) is 12.3 Å². The Hall–Kier alpha value is -1.69. The number of benzene rings is 1. The van der Waals surface area contributed by atoms with Gasteiger partial charge in [0.15, 0.2) is 17.3 Å². The van der Waals surface area contributed by atoms with Crippen molar-refractivity contribution in [2.24, 2.45) is 0 Å². The Morgan fingerprint density at radius 2 is 1.91 bits per heavy atom. The molecule has 0 amide bonds. The maximum atomic E-state index is 12.0. The van der Waals surface area contributed by atoms with Crippen molar-refractivity contribution in [1.29, 1.82) is 0 Å². The number of carbonyl (C=O) groups excluding carboxylic acids is 1. The van der Waals surface area contributed by atoms with Gasteiger partial charge in [0, 0.05) is 24.0 Å². The van der Waals surface area contributed by atoms with Gasteiger partial charge in [-0.25, -0.2) is 0 Å². The summed E-state index contributed by atoms with van der Waals surface area (Å²) in [6.45, 7) is 0. The van der Waals surface area contributed by atoms with Gasteiger partial charge in [0.2, 0.25) is 0 Å². The Labute approximate surface area is 142 Å². The zero-order valence-electron chi connectivity index (χ0n) is 11.9. The Kier molecular flexibility index (Phi) is 5.71. The molecule has 0 aliphatic rings. The van der Waals surface area contributed by atoms with E-state index in [1.807, 2.05) is 6.07 Å². The first-order chi connectivity index (χ1) is 10.5. The molecule has 1 N–H and O–H groups in total. The highest BCUT2D eigenvalue weighted by Crippen LogP contribution is 2.32. The van der Waals surface area contributed by atoms with Crippen LogP contribution in [0.4, 0.5) is 5.69 Å². The summed E-state index contributed by atoms with van der Waals surface area (Å²) < 4.78 is 11.2. The van der Waals surface area contributed by atoms with Crippen molar-refractivity contribution in [3.05, 3.63) is 50.8 Å². The molecule has 2 aromatic rings. The van der Waals surface area contributed by atoms with Gasteiger partial charge in [-0.05, 0) is 18.2 Å². The lowest BCUT2D eigenvalue weighted by atomic mass is 10.2. The molecule has 4 nitrogen and oxygen atoms in total. The summed E-state index contributed by atoms with van der Waals surface area (Å²) in [5.74, 6) is 1.01. The molecule has 0 saturated heterocycles. The number of halogens is 2. The lowest BCUT2D eigenvalue weighted by Gasteiger charge is -2.09. The van der Waals surface area contributed by atoms with Gasteiger partial charge < -0.3 is 14.8 Å². The molecule has 1 aromatic carbocycles. The van der Waals surface area contributed by atoms with Crippen molar-refractivity contribution < 1.29 is 14.3 Å². The molecule has 0 bridgehead atoms. The predicted molar refractivity (Wildman–Crippen MR) is 91.0 cm³/mol. The third-order valence-electron chi connectivity index (χ3n) is 2.79. The Balaban J connectivity index is 2.06. The fourth-order valence-corrected chi connectivity index (χ4v) is 3.21. The van der Waals surface area contributed by atoms with Crippen LogP contribution in [0, 0.1) is 0 Å². The molecule has 0 aliphatic heterocycles. The number of ether oxygens (including phenoxy) is 2. The maximum Gasteiger partial charge on any atom is 0.189 e. The zero-order valence-corrected chi connectivity index (χ0v) is 14.2. The molecule has 0 radical (unpaired) electrons. The molecule has 116 valence electrons. The van der Waals surface area contributed by atoms with Crippen LogP contribution in [-0.2, 0) is 0 Å². The van der Waals surface area contributed by atoms with Crippen LogP contribution < -0.4 is 14.8 Å². The Bertz CT molecular complexity index is 713. The molecular weight excluding hydrogens is 345 g/mol. The molecule has 0 spiro atoms. The van der Waals surface area contributed by atoms with Crippen LogP contribution in [0.2, 0.25) is 8.67 Å². The average Bonchev–Trinajstić information content (AvgIpc) is 2.85. The smallest absolute Gasteiger partial charge is 0.189 e. The van der Waals surface area contributed by atoms with E-state index in [0.717, 1.165) is 17.0 Å². The molecule has 0 saturated carbocycles. The first kappa shape index (κ1) is 16.7. The Morgan fingerprint density at radius 1 is 1.18 bits per heavy atom. The van der Waals surface area contributed by atoms with Gasteiger partial charge in [-0.2, -0.15) is 0 Å². The van der Waals surface area contributed by atoms with Crippen molar-refractivity contribution in [1.82, 2.24) is 0 Å². The molecule has 0 aliphatic carbocycles. The summed E-state index contributed by atoms with van der Waals surface area (Å²) >= 11 is 12.9. The van der Waals surface area contributed by atoms with Gasteiger partial charge in [-0.15, -0.1) is 11.3 Å². The van der Waals surface area contributed by atoms with Crippen LogP contribution in [0.1, 0.15) is 10.4 Å². The fraction of sp³-hybridized carbons (Fsp3) is 0.133. The number of methoxy groups -OCH3 is 2. The van der Waals surface area contributed by atoms with E-state index in [0.29, 0.717) is 25.7 Å². The standard InChI is InChI=1S/C15H13Cl2NO3S/c1-20-12-4-3-9(7-13(12)21-2)18-6-5-11(19)10-8-14(16)22-15(10)17/h3-8,18H,1-2H3. The molecule has 1 aromatic heterocycles. The van der Waals surface area contributed by atoms with Gasteiger partial charge in [-0.1, -0.05) is 23.2 Å². The normalized spacial score (nSPS) is 10.7. The minimum Gasteiger partial charge on any atom is -0.493 e. The van der Waals surface area contributed by atoms with Gasteiger partial charge in [0.05, 0.1) is 24.1 Å². The largest absolute Gasteiger partial charge is 0.493 e. The van der Waals surface area contributed by atoms with Gasteiger partial charge in [0.1, 0.15) is 4.34 Å². The van der Waals surface area contributed by atoms with Gasteiger partial charge >= 0.3 is 0 Å². The van der Waals surface area contributed by atoms with Crippen LogP contribution in [0.15, 0.2) is 36.5 Å². The molecule has 1 heterocycles. The number of hydrogen-bond acceptors (Lipinski definition) is 5. The molecular formula is C15H13Cl2NO3S. The van der Waals surface area contributed by atoms with Crippen LogP contribution >= 0.6 is 34.5 Å². The topological polar surface area (TPSA) is 47.6 Å². The lowest BCUT2D eigenvalue weighted by Crippen LogP contribution is -1.96. The van der Waals surface area contributed by atoms with E-state index in [-0.39, 0.29) is 5.78 Å². The highest BCUT2D eigenvalue weighted by Gasteiger charge is 2.11. The number of allylic oxidation sites excluding steroid dienone is 1. The molecule has 0 atom stereocenters. The number of thiophene rings is 1. The monoisotopic (exact) mass is 357 g/mol. The van der Waals surface area contributed by atoms with E-state index < -0.39 is 0 Å². The van der Waals surface area contributed by atoms with E-state index in [4.69, 9.17) is 32.7 Å². The first-order valence-corrected chi connectivity index (χ1v) is 7.76. The van der Waals surface area contributed by atoms with E-state index in [9.17, 15) is 4.79 Å². The highest BCUT2D eigenvalue weighted by molar-refractivity contribution is 7.20. The summed E-state index contributed by atoms with van der Waals surface area (Å²) in [5, 5.41) is 2.99. The van der Waals surface area contributed by atoms with Crippen LogP contribution in [0.5, 0.6) is 11.5 Å². The zero-order chi connectivity index (χ0) is 16.1. The Morgan fingerprint density at radius 3 is 2.50 bits per heavy atom. The van der Waals surface area contributed by atoms with Crippen molar-refractivity contribution >= 4 is 46.0 Å². The number of nitrogens with one attached hydrogen (secondary N) is 1. The maximum absolute atomic E-state index is 12.0. The molecule has 2 rings (SSSR count). The number of anilines is 1. The number of carbonyl (C=O) groups is 1.